The summed E-state index contributed by atoms with van der Waals surface area (Å²) >= 11 is 0. The minimum Gasteiger partial charge on any atom is -0.375 e. The van der Waals surface area contributed by atoms with Gasteiger partial charge in [-0.25, -0.2) is 0 Å². The van der Waals surface area contributed by atoms with E-state index in [2.05, 4.69) is 25.6 Å². The van der Waals surface area contributed by atoms with Crippen molar-refractivity contribution in [2.24, 2.45) is 0 Å². The normalized spacial score (nSPS) is 23.8. The molecule has 2 rings (SSSR count). The summed E-state index contributed by atoms with van der Waals surface area (Å²) in [5.41, 5.74) is 2.42. The average molecular weight is 246 g/mol. The zero-order chi connectivity index (χ0) is 12.8. The van der Waals surface area contributed by atoms with Crippen molar-refractivity contribution in [2.45, 2.75) is 45.0 Å². The minimum absolute atomic E-state index is 0.242. The van der Waals surface area contributed by atoms with E-state index < -0.39 is 0 Å². The molecule has 2 heteroatoms. The van der Waals surface area contributed by atoms with Crippen LogP contribution in [-0.2, 0) is 16.1 Å². The van der Waals surface area contributed by atoms with Gasteiger partial charge in [0.1, 0.15) is 0 Å². The molecule has 1 aliphatic heterocycles. The fraction of sp³-hybridized carbons (Fsp3) is 0.500. The van der Waals surface area contributed by atoms with Gasteiger partial charge in [0, 0.05) is 0 Å². The molecule has 0 aliphatic carbocycles. The van der Waals surface area contributed by atoms with E-state index in [-0.39, 0.29) is 6.10 Å². The Labute approximate surface area is 110 Å². The largest absolute Gasteiger partial charge is 0.375 e. The van der Waals surface area contributed by atoms with E-state index in [9.17, 15) is 0 Å². The third-order valence-corrected chi connectivity index (χ3v) is 3.23. The first-order valence-corrected chi connectivity index (χ1v) is 6.65. The molecule has 0 saturated carbocycles. The second-order valence-electron chi connectivity index (χ2n) is 5.11. The van der Waals surface area contributed by atoms with Crippen LogP contribution < -0.4 is 0 Å². The average Bonchev–Trinajstić information content (AvgIpc) is 2.38. The highest BCUT2D eigenvalue weighted by molar-refractivity contribution is 5.13. The Hall–Kier alpha value is -1.12. The van der Waals surface area contributed by atoms with E-state index in [4.69, 9.17) is 9.47 Å². The van der Waals surface area contributed by atoms with E-state index >= 15 is 0 Å². The van der Waals surface area contributed by atoms with E-state index in [0.717, 1.165) is 19.3 Å². The summed E-state index contributed by atoms with van der Waals surface area (Å²) in [6, 6.07) is 10.3. The Balaban J connectivity index is 1.69. The predicted molar refractivity (Wildman–Crippen MR) is 73.4 cm³/mol. The highest BCUT2D eigenvalue weighted by Crippen LogP contribution is 2.21. The quantitative estimate of drug-likeness (QED) is 0.737. The zero-order valence-electron chi connectivity index (χ0n) is 11.1. The standard InChI is InChI=1S/C16H22O2/c1-13(2)10-15-8-9-16(12-18-15)17-11-14-6-4-3-5-7-14/h3-7,15-16H,1,8-12H2,2H3/t15-,16+/m1/s1. The number of rotatable bonds is 5. The summed E-state index contributed by atoms with van der Waals surface area (Å²) in [4.78, 5) is 0. The van der Waals surface area contributed by atoms with E-state index in [0.29, 0.717) is 19.3 Å². The van der Waals surface area contributed by atoms with E-state index in [1.807, 2.05) is 18.2 Å². The molecule has 2 atom stereocenters. The molecular formula is C16H22O2. The fourth-order valence-electron chi connectivity index (χ4n) is 2.25. The van der Waals surface area contributed by atoms with Gasteiger partial charge in [0.25, 0.3) is 0 Å². The van der Waals surface area contributed by atoms with Crippen LogP contribution in [0.15, 0.2) is 42.5 Å². The van der Waals surface area contributed by atoms with Crippen LogP contribution >= 0.6 is 0 Å². The van der Waals surface area contributed by atoms with Crippen LogP contribution in [0.25, 0.3) is 0 Å². The molecule has 0 bridgehead atoms. The summed E-state index contributed by atoms with van der Waals surface area (Å²) in [7, 11) is 0. The van der Waals surface area contributed by atoms with Crippen molar-refractivity contribution in [2.75, 3.05) is 6.61 Å². The van der Waals surface area contributed by atoms with Gasteiger partial charge in [-0.15, -0.1) is 6.58 Å². The van der Waals surface area contributed by atoms with Crippen LogP contribution in [0.5, 0.6) is 0 Å². The molecule has 0 unspecified atom stereocenters. The molecule has 0 radical (unpaired) electrons. The molecule has 18 heavy (non-hydrogen) atoms. The summed E-state index contributed by atoms with van der Waals surface area (Å²) in [6.45, 7) is 7.38. The lowest BCUT2D eigenvalue weighted by atomic mass is 10.0. The van der Waals surface area contributed by atoms with E-state index in [1.165, 1.54) is 11.1 Å². The van der Waals surface area contributed by atoms with Crippen molar-refractivity contribution < 1.29 is 9.47 Å². The van der Waals surface area contributed by atoms with Crippen LogP contribution in [-0.4, -0.2) is 18.8 Å². The van der Waals surface area contributed by atoms with Gasteiger partial charge in [-0.3, -0.25) is 0 Å². The van der Waals surface area contributed by atoms with Crippen LogP contribution in [0, 0.1) is 0 Å². The Bertz CT molecular complexity index is 364. The van der Waals surface area contributed by atoms with Crippen LogP contribution in [0.2, 0.25) is 0 Å². The molecule has 1 saturated heterocycles. The number of ether oxygens (including phenoxy) is 2. The lowest BCUT2D eigenvalue weighted by Crippen LogP contribution is -2.31. The minimum atomic E-state index is 0.242. The Morgan fingerprint density at radius 2 is 2.11 bits per heavy atom. The number of hydrogen-bond donors (Lipinski definition) is 0. The Morgan fingerprint density at radius 3 is 2.72 bits per heavy atom. The molecular weight excluding hydrogens is 224 g/mol. The molecule has 1 heterocycles. The lowest BCUT2D eigenvalue weighted by molar-refractivity contribution is -0.0899. The van der Waals surface area contributed by atoms with Gasteiger partial charge in [0.15, 0.2) is 0 Å². The van der Waals surface area contributed by atoms with Crippen molar-refractivity contribution in [1.29, 1.82) is 0 Å². The predicted octanol–water partition coefficient (Wildman–Crippen LogP) is 3.72. The summed E-state index contributed by atoms with van der Waals surface area (Å²) in [6.07, 6.45) is 3.73. The first-order chi connectivity index (χ1) is 8.74. The topological polar surface area (TPSA) is 18.5 Å². The first kappa shape index (κ1) is 13.3. The maximum atomic E-state index is 5.87. The van der Waals surface area contributed by atoms with Gasteiger partial charge in [-0.1, -0.05) is 35.9 Å². The van der Waals surface area contributed by atoms with Crippen LogP contribution in [0.4, 0.5) is 0 Å². The molecule has 1 aliphatic rings. The van der Waals surface area contributed by atoms with Crippen LogP contribution in [0.3, 0.4) is 0 Å². The summed E-state index contributed by atoms with van der Waals surface area (Å²) in [5.74, 6) is 0. The lowest BCUT2D eigenvalue weighted by Gasteiger charge is -2.29. The monoisotopic (exact) mass is 246 g/mol. The Morgan fingerprint density at radius 1 is 1.33 bits per heavy atom. The third-order valence-electron chi connectivity index (χ3n) is 3.23. The van der Waals surface area contributed by atoms with Crippen molar-refractivity contribution in [3.05, 3.63) is 48.0 Å². The van der Waals surface area contributed by atoms with Crippen molar-refractivity contribution in [3.8, 4) is 0 Å². The molecule has 0 amide bonds. The van der Waals surface area contributed by atoms with Crippen molar-refractivity contribution in [1.82, 2.24) is 0 Å². The molecule has 1 fully saturated rings. The molecule has 0 N–H and O–H groups in total. The SMILES string of the molecule is C=C(C)C[C@H]1CC[C@H](OCc2ccccc2)CO1. The van der Waals surface area contributed by atoms with E-state index in [1.54, 1.807) is 0 Å². The molecule has 1 aromatic carbocycles. The molecule has 2 nitrogen and oxygen atoms in total. The summed E-state index contributed by atoms with van der Waals surface area (Å²) in [5, 5.41) is 0. The third kappa shape index (κ3) is 4.28. The van der Waals surface area contributed by atoms with Gasteiger partial charge in [0.2, 0.25) is 0 Å². The van der Waals surface area contributed by atoms with Gasteiger partial charge < -0.3 is 9.47 Å². The van der Waals surface area contributed by atoms with Gasteiger partial charge in [-0.05, 0) is 31.7 Å². The smallest absolute Gasteiger partial charge is 0.0814 e. The van der Waals surface area contributed by atoms with Crippen molar-refractivity contribution >= 4 is 0 Å². The van der Waals surface area contributed by atoms with Gasteiger partial charge >= 0.3 is 0 Å². The van der Waals surface area contributed by atoms with Crippen molar-refractivity contribution in [3.63, 3.8) is 0 Å². The number of hydrogen-bond acceptors (Lipinski definition) is 2. The van der Waals surface area contributed by atoms with Gasteiger partial charge in [0.05, 0.1) is 25.4 Å². The Kier molecular flexibility index (Phi) is 4.97. The number of benzene rings is 1. The fourth-order valence-corrected chi connectivity index (χ4v) is 2.25. The second kappa shape index (κ2) is 6.72. The highest BCUT2D eigenvalue weighted by Gasteiger charge is 2.21. The first-order valence-electron chi connectivity index (χ1n) is 6.65. The maximum absolute atomic E-state index is 5.87. The van der Waals surface area contributed by atoms with Crippen LogP contribution in [0.1, 0.15) is 31.7 Å². The summed E-state index contributed by atoms with van der Waals surface area (Å²) < 4.78 is 11.7. The maximum Gasteiger partial charge on any atom is 0.0814 e. The zero-order valence-corrected chi connectivity index (χ0v) is 11.1. The molecule has 98 valence electrons. The second-order valence-corrected chi connectivity index (χ2v) is 5.11. The molecule has 1 aromatic rings. The molecule has 0 spiro atoms. The van der Waals surface area contributed by atoms with Gasteiger partial charge in [-0.2, -0.15) is 0 Å². The highest BCUT2D eigenvalue weighted by atomic mass is 16.5. The molecule has 0 aromatic heterocycles.